The molecule has 0 unspecified atom stereocenters. The Morgan fingerprint density at radius 1 is 1.33 bits per heavy atom. The second-order valence-electron chi connectivity index (χ2n) is 4.66. The standard InChI is InChI=1S/C16H15ClFNO2/c1-10-6-14(15(21-2)9-13(10)17)19-16(20)8-11-4-3-5-12(18)7-11/h3-7,9H,8H2,1-2H3,(H,19,20). The van der Waals surface area contributed by atoms with E-state index in [1.807, 2.05) is 6.92 Å². The summed E-state index contributed by atoms with van der Waals surface area (Å²) in [5, 5.41) is 3.32. The van der Waals surface area contributed by atoms with Gasteiger partial charge in [0.2, 0.25) is 5.91 Å². The van der Waals surface area contributed by atoms with Gasteiger partial charge in [-0.15, -0.1) is 0 Å². The van der Waals surface area contributed by atoms with Crippen LogP contribution in [-0.4, -0.2) is 13.0 Å². The van der Waals surface area contributed by atoms with E-state index in [2.05, 4.69) is 5.32 Å². The van der Waals surface area contributed by atoms with Crippen molar-refractivity contribution < 1.29 is 13.9 Å². The minimum Gasteiger partial charge on any atom is -0.495 e. The fourth-order valence-corrected chi connectivity index (χ4v) is 2.11. The molecule has 0 saturated carbocycles. The maximum absolute atomic E-state index is 13.1. The molecule has 1 amide bonds. The molecule has 0 heterocycles. The number of halogens is 2. The predicted octanol–water partition coefficient (Wildman–Crippen LogP) is 3.98. The predicted molar refractivity (Wildman–Crippen MR) is 81.5 cm³/mol. The molecule has 21 heavy (non-hydrogen) atoms. The Morgan fingerprint density at radius 3 is 2.76 bits per heavy atom. The number of anilines is 1. The molecule has 5 heteroatoms. The molecule has 0 aliphatic heterocycles. The van der Waals surface area contributed by atoms with Crippen LogP contribution in [0.5, 0.6) is 5.75 Å². The van der Waals surface area contributed by atoms with Crippen LogP contribution in [0.4, 0.5) is 10.1 Å². The Kier molecular flexibility index (Phi) is 4.81. The monoisotopic (exact) mass is 307 g/mol. The topological polar surface area (TPSA) is 38.3 Å². The van der Waals surface area contributed by atoms with Crippen molar-refractivity contribution in [2.24, 2.45) is 0 Å². The number of ether oxygens (including phenoxy) is 1. The van der Waals surface area contributed by atoms with E-state index >= 15 is 0 Å². The van der Waals surface area contributed by atoms with Gasteiger partial charge in [0.15, 0.2) is 0 Å². The Bertz CT molecular complexity index is 673. The summed E-state index contributed by atoms with van der Waals surface area (Å²) in [5.41, 5.74) is 1.98. The molecule has 0 radical (unpaired) electrons. The summed E-state index contributed by atoms with van der Waals surface area (Å²) in [5.74, 6) is -0.126. The Labute approximate surface area is 127 Å². The van der Waals surface area contributed by atoms with E-state index in [0.717, 1.165) is 5.56 Å². The van der Waals surface area contributed by atoms with Crippen molar-refractivity contribution in [2.45, 2.75) is 13.3 Å². The lowest BCUT2D eigenvalue weighted by molar-refractivity contribution is -0.115. The lowest BCUT2D eigenvalue weighted by Crippen LogP contribution is -2.15. The summed E-state index contributed by atoms with van der Waals surface area (Å²) in [6.45, 7) is 1.84. The molecule has 2 aromatic carbocycles. The first-order chi connectivity index (χ1) is 9.99. The van der Waals surface area contributed by atoms with Gasteiger partial charge in [-0.3, -0.25) is 4.79 Å². The van der Waals surface area contributed by atoms with Crippen LogP contribution in [0.1, 0.15) is 11.1 Å². The van der Waals surface area contributed by atoms with Crippen LogP contribution in [0.15, 0.2) is 36.4 Å². The molecule has 3 nitrogen and oxygen atoms in total. The second kappa shape index (κ2) is 6.59. The number of nitrogens with one attached hydrogen (secondary N) is 1. The van der Waals surface area contributed by atoms with Gasteiger partial charge in [0.25, 0.3) is 0 Å². The van der Waals surface area contributed by atoms with Crippen molar-refractivity contribution in [3.63, 3.8) is 0 Å². The molecule has 110 valence electrons. The highest BCUT2D eigenvalue weighted by Gasteiger charge is 2.11. The summed E-state index contributed by atoms with van der Waals surface area (Å²) < 4.78 is 18.3. The summed E-state index contributed by atoms with van der Waals surface area (Å²) >= 11 is 6.01. The van der Waals surface area contributed by atoms with E-state index in [1.165, 1.54) is 19.2 Å². The molecular formula is C16H15ClFNO2. The minimum absolute atomic E-state index is 0.0859. The van der Waals surface area contributed by atoms with E-state index in [1.54, 1.807) is 24.3 Å². The summed E-state index contributed by atoms with van der Waals surface area (Å²) in [6, 6.07) is 9.34. The SMILES string of the molecule is COc1cc(Cl)c(C)cc1NC(=O)Cc1cccc(F)c1. The highest BCUT2D eigenvalue weighted by Crippen LogP contribution is 2.31. The third kappa shape index (κ3) is 3.95. The molecule has 0 spiro atoms. The highest BCUT2D eigenvalue weighted by atomic mass is 35.5. The maximum atomic E-state index is 13.1. The van der Waals surface area contributed by atoms with Gasteiger partial charge in [0, 0.05) is 11.1 Å². The molecule has 0 fully saturated rings. The zero-order chi connectivity index (χ0) is 15.4. The third-order valence-corrected chi connectivity index (χ3v) is 3.42. The lowest BCUT2D eigenvalue weighted by atomic mass is 10.1. The quantitative estimate of drug-likeness (QED) is 0.928. The van der Waals surface area contributed by atoms with Crippen LogP contribution in [0.3, 0.4) is 0 Å². The average Bonchev–Trinajstić information content (AvgIpc) is 2.42. The van der Waals surface area contributed by atoms with Gasteiger partial charge < -0.3 is 10.1 Å². The largest absolute Gasteiger partial charge is 0.495 e. The van der Waals surface area contributed by atoms with Gasteiger partial charge in [-0.05, 0) is 36.2 Å². The Hall–Kier alpha value is -2.07. The first-order valence-electron chi connectivity index (χ1n) is 6.38. The second-order valence-corrected chi connectivity index (χ2v) is 5.06. The number of hydrogen-bond donors (Lipinski definition) is 1. The smallest absolute Gasteiger partial charge is 0.228 e. The van der Waals surface area contributed by atoms with Crippen molar-refractivity contribution in [2.75, 3.05) is 12.4 Å². The molecule has 0 aliphatic rings. The van der Waals surface area contributed by atoms with Crippen molar-refractivity contribution in [1.29, 1.82) is 0 Å². The molecule has 0 aliphatic carbocycles. The number of aryl methyl sites for hydroxylation is 1. The molecule has 0 saturated heterocycles. The van der Waals surface area contributed by atoms with Gasteiger partial charge in [0.1, 0.15) is 11.6 Å². The number of rotatable bonds is 4. The van der Waals surface area contributed by atoms with Crippen LogP contribution in [0.2, 0.25) is 5.02 Å². The van der Waals surface area contributed by atoms with Gasteiger partial charge in [-0.1, -0.05) is 23.7 Å². The van der Waals surface area contributed by atoms with Crippen LogP contribution in [-0.2, 0) is 11.2 Å². The van der Waals surface area contributed by atoms with E-state index in [0.29, 0.717) is 22.0 Å². The first-order valence-corrected chi connectivity index (χ1v) is 6.76. The summed E-state index contributed by atoms with van der Waals surface area (Å²) in [7, 11) is 1.50. The molecule has 1 N–H and O–H groups in total. The molecule has 2 rings (SSSR count). The number of carbonyl (C=O) groups excluding carboxylic acids is 1. The fraction of sp³-hybridized carbons (Fsp3) is 0.188. The van der Waals surface area contributed by atoms with Crippen molar-refractivity contribution in [3.05, 3.63) is 58.4 Å². The van der Waals surface area contributed by atoms with Crippen molar-refractivity contribution >= 4 is 23.2 Å². The number of benzene rings is 2. The van der Waals surface area contributed by atoms with Crippen molar-refractivity contribution in [3.8, 4) is 5.75 Å². The minimum atomic E-state index is -0.361. The lowest BCUT2D eigenvalue weighted by Gasteiger charge is -2.12. The third-order valence-electron chi connectivity index (χ3n) is 3.01. The molecular weight excluding hydrogens is 293 g/mol. The molecule has 2 aromatic rings. The Morgan fingerprint density at radius 2 is 2.10 bits per heavy atom. The average molecular weight is 308 g/mol. The van der Waals surface area contributed by atoms with E-state index < -0.39 is 0 Å². The molecule has 0 bridgehead atoms. The van der Waals surface area contributed by atoms with Gasteiger partial charge in [-0.25, -0.2) is 4.39 Å². The normalized spacial score (nSPS) is 10.3. The number of carbonyl (C=O) groups is 1. The van der Waals surface area contributed by atoms with Gasteiger partial charge >= 0.3 is 0 Å². The van der Waals surface area contributed by atoms with Crippen LogP contribution in [0.25, 0.3) is 0 Å². The summed E-state index contributed by atoms with van der Waals surface area (Å²) in [4.78, 5) is 12.0. The maximum Gasteiger partial charge on any atom is 0.228 e. The molecule has 0 atom stereocenters. The van der Waals surface area contributed by atoms with E-state index in [4.69, 9.17) is 16.3 Å². The number of amides is 1. The zero-order valence-corrected chi connectivity index (χ0v) is 12.5. The Balaban J connectivity index is 2.14. The zero-order valence-electron chi connectivity index (χ0n) is 11.7. The van der Waals surface area contributed by atoms with Gasteiger partial charge in [0.05, 0.1) is 19.2 Å². The fourth-order valence-electron chi connectivity index (χ4n) is 1.96. The van der Waals surface area contributed by atoms with Gasteiger partial charge in [-0.2, -0.15) is 0 Å². The first kappa shape index (κ1) is 15.3. The van der Waals surface area contributed by atoms with Crippen molar-refractivity contribution in [1.82, 2.24) is 0 Å². The summed E-state index contributed by atoms with van der Waals surface area (Å²) in [6.07, 6.45) is 0.0859. The molecule has 0 aromatic heterocycles. The highest BCUT2D eigenvalue weighted by molar-refractivity contribution is 6.31. The van der Waals surface area contributed by atoms with Crippen LogP contribution in [0, 0.1) is 12.7 Å². The van der Waals surface area contributed by atoms with Crippen LogP contribution >= 0.6 is 11.6 Å². The number of methoxy groups -OCH3 is 1. The van der Waals surface area contributed by atoms with Crippen LogP contribution < -0.4 is 10.1 Å². The number of hydrogen-bond acceptors (Lipinski definition) is 2. The van der Waals surface area contributed by atoms with E-state index in [-0.39, 0.29) is 18.1 Å². The van der Waals surface area contributed by atoms with E-state index in [9.17, 15) is 9.18 Å².